The number of benzene rings is 3. The van der Waals surface area contributed by atoms with Gasteiger partial charge in [-0.15, -0.1) is 0 Å². The number of rotatable bonds is 7. The van der Waals surface area contributed by atoms with Crippen molar-refractivity contribution in [2.45, 2.75) is 18.4 Å². The van der Waals surface area contributed by atoms with Gasteiger partial charge in [-0.3, -0.25) is 4.79 Å². The molecule has 0 N–H and O–H groups in total. The molecule has 1 aliphatic rings. The van der Waals surface area contributed by atoms with Crippen molar-refractivity contribution in [2.24, 2.45) is 0 Å². The molecule has 1 heterocycles. The van der Waals surface area contributed by atoms with Gasteiger partial charge in [-0.05, 0) is 42.3 Å². The monoisotopic (exact) mass is 466 g/mol. The normalized spacial score (nSPS) is 13.4. The minimum atomic E-state index is -4.05. The van der Waals surface area contributed by atoms with Gasteiger partial charge in [0, 0.05) is 6.54 Å². The van der Waals surface area contributed by atoms with Crippen LogP contribution in [0.25, 0.3) is 0 Å². The number of anilines is 1. The Balaban J connectivity index is 1.70. The molecule has 0 saturated heterocycles. The number of amides is 1. The zero-order valence-electron chi connectivity index (χ0n) is 18.6. The first-order chi connectivity index (χ1) is 15.9. The second-order valence-corrected chi connectivity index (χ2v) is 9.68. The Morgan fingerprint density at radius 3 is 2.55 bits per heavy atom. The van der Waals surface area contributed by atoms with E-state index in [2.05, 4.69) is 0 Å². The van der Waals surface area contributed by atoms with Gasteiger partial charge in [-0.1, -0.05) is 48.5 Å². The molecule has 0 saturated carbocycles. The van der Waals surface area contributed by atoms with Gasteiger partial charge in [0.25, 0.3) is 0 Å². The van der Waals surface area contributed by atoms with Crippen LogP contribution in [-0.4, -0.2) is 45.4 Å². The van der Waals surface area contributed by atoms with Crippen molar-refractivity contribution in [1.29, 1.82) is 0 Å². The van der Waals surface area contributed by atoms with Gasteiger partial charge in [-0.2, -0.15) is 4.31 Å². The largest absolute Gasteiger partial charge is 0.495 e. The molecule has 1 aliphatic heterocycles. The van der Waals surface area contributed by atoms with Crippen LogP contribution in [0.4, 0.5) is 5.69 Å². The van der Waals surface area contributed by atoms with Crippen molar-refractivity contribution in [3.05, 3.63) is 83.9 Å². The summed E-state index contributed by atoms with van der Waals surface area (Å²) in [4.78, 5) is 15.0. The van der Waals surface area contributed by atoms with E-state index in [1.807, 2.05) is 49.4 Å². The van der Waals surface area contributed by atoms with Gasteiger partial charge >= 0.3 is 0 Å². The zero-order chi connectivity index (χ0) is 23.4. The van der Waals surface area contributed by atoms with E-state index < -0.39 is 10.0 Å². The predicted molar refractivity (Wildman–Crippen MR) is 126 cm³/mol. The van der Waals surface area contributed by atoms with Crippen molar-refractivity contribution < 1.29 is 22.7 Å². The molecule has 0 spiro atoms. The van der Waals surface area contributed by atoms with E-state index in [4.69, 9.17) is 9.47 Å². The summed E-state index contributed by atoms with van der Waals surface area (Å²) in [5, 5.41) is 0. The van der Waals surface area contributed by atoms with Gasteiger partial charge in [0.1, 0.15) is 23.0 Å². The molecule has 0 atom stereocenters. The van der Waals surface area contributed by atoms with Crippen molar-refractivity contribution in [1.82, 2.24) is 4.31 Å². The fraction of sp³-hybridized carbons (Fsp3) is 0.240. The minimum Gasteiger partial charge on any atom is -0.495 e. The molecule has 3 aromatic rings. The fourth-order valence-corrected chi connectivity index (χ4v) is 5.42. The summed E-state index contributed by atoms with van der Waals surface area (Å²) in [7, 11) is -2.61. The highest BCUT2D eigenvalue weighted by Crippen LogP contribution is 2.32. The lowest BCUT2D eigenvalue weighted by Crippen LogP contribution is -2.45. The van der Waals surface area contributed by atoms with Crippen LogP contribution in [0, 0.1) is 6.92 Å². The Morgan fingerprint density at radius 1 is 1.06 bits per heavy atom. The van der Waals surface area contributed by atoms with Crippen molar-refractivity contribution >= 4 is 21.6 Å². The lowest BCUT2D eigenvalue weighted by Gasteiger charge is -2.31. The number of nitrogens with zero attached hydrogens (tertiary/aromatic N) is 2. The molecule has 0 unspecified atom stereocenters. The van der Waals surface area contributed by atoms with E-state index in [9.17, 15) is 13.2 Å². The highest BCUT2D eigenvalue weighted by molar-refractivity contribution is 7.89. The van der Waals surface area contributed by atoms with Crippen molar-refractivity contribution in [3.8, 4) is 11.5 Å². The molecular formula is C25H26N2O5S. The van der Waals surface area contributed by atoms with Gasteiger partial charge in [0.15, 0.2) is 0 Å². The maximum Gasteiger partial charge on any atom is 0.247 e. The number of hydrogen-bond acceptors (Lipinski definition) is 5. The quantitative estimate of drug-likeness (QED) is 0.532. The van der Waals surface area contributed by atoms with Gasteiger partial charge in [0.05, 0.1) is 25.9 Å². The summed E-state index contributed by atoms with van der Waals surface area (Å²) in [6.07, 6.45) is 0. The maximum absolute atomic E-state index is 13.8. The first-order valence-electron chi connectivity index (χ1n) is 10.6. The lowest BCUT2D eigenvalue weighted by molar-refractivity contribution is -0.119. The standard InChI is InChI=1S/C25H26N2O5S/c1-19-12-13-23(31-2)24(16-19)33(29,30)26(17-20-8-4-3-5-9-20)18-25(28)27-14-15-32-22-11-7-6-10-21(22)27/h3-13,16H,14-15,17-18H2,1-2H3. The van der Waals surface area contributed by atoms with Crippen LogP contribution in [0.3, 0.4) is 0 Å². The summed E-state index contributed by atoms with van der Waals surface area (Å²) in [5.74, 6) is 0.523. The molecule has 0 bridgehead atoms. The second kappa shape index (κ2) is 9.64. The maximum atomic E-state index is 13.8. The van der Waals surface area contributed by atoms with Crippen LogP contribution in [0.1, 0.15) is 11.1 Å². The van der Waals surface area contributed by atoms with E-state index in [0.29, 0.717) is 24.6 Å². The van der Waals surface area contributed by atoms with Crippen LogP contribution < -0.4 is 14.4 Å². The summed E-state index contributed by atoms with van der Waals surface area (Å²) in [6.45, 7) is 2.25. The Labute approximate surface area is 194 Å². The summed E-state index contributed by atoms with van der Waals surface area (Å²) in [5.41, 5.74) is 2.20. The lowest BCUT2D eigenvalue weighted by atomic mass is 10.2. The Kier molecular flexibility index (Phi) is 6.67. The number of methoxy groups -OCH3 is 1. The SMILES string of the molecule is COc1ccc(C)cc1S(=O)(=O)N(CC(=O)N1CCOc2ccccc21)Cc1ccccc1. The minimum absolute atomic E-state index is 0.0381. The molecule has 8 heteroatoms. The molecule has 4 rings (SSSR count). The van der Waals surface area contributed by atoms with Crippen LogP contribution in [0.15, 0.2) is 77.7 Å². The third-order valence-electron chi connectivity index (χ3n) is 5.48. The molecule has 0 fully saturated rings. The Hall–Kier alpha value is -3.36. The number of carbonyl (C=O) groups is 1. The van der Waals surface area contributed by atoms with Crippen LogP contribution in [0.2, 0.25) is 0 Å². The van der Waals surface area contributed by atoms with Crippen LogP contribution in [-0.2, 0) is 21.4 Å². The number of ether oxygens (including phenoxy) is 2. The summed E-state index contributed by atoms with van der Waals surface area (Å²) < 4.78 is 39.8. The van der Waals surface area contributed by atoms with Gasteiger partial charge in [-0.25, -0.2) is 8.42 Å². The third-order valence-corrected chi connectivity index (χ3v) is 7.29. The molecule has 0 aliphatic carbocycles. The molecule has 1 amide bonds. The van der Waals surface area contributed by atoms with Gasteiger partial charge in [0.2, 0.25) is 15.9 Å². The summed E-state index contributed by atoms with van der Waals surface area (Å²) in [6, 6.07) is 21.5. The number of carbonyl (C=O) groups excluding carboxylic acids is 1. The highest BCUT2D eigenvalue weighted by atomic mass is 32.2. The van der Waals surface area contributed by atoms with E-state index in [1.165, 1.54) is 11.4 Å². The van der Waals surface area contributed by atoms with Crippen LogP contribution >= 0.6 is 0 Å². The third kappa shape index (κ3) is 4.86. The Bertz CT molecular complexity index is 1240. The van der Waals surface area contributed by atoms with Crippen molar-refractivity contribution in [3.63, 3.8) is 0 Å². The number of hydrogen-bond donors (Lipinski definition) is 0. The predicted octanol–water partition coefficient (Wildman–Crippen LogP) is 3.62. The molecule has 0 radical (unpaired) electrons. The molecular weight excluding hydrogens is 440 g/mol. The fourth-order valence-electron chi connectivity index (χ4n) is 3.80. The van der Waals surface area contributed by atoms with Crippen LogP contribution in [0.5, 0.6) is 11.5 Å². The van der Waals surface area contributed by atoms with E-state index in [0.717, 1.165) is 11.1 Å². The van der Waals surface area contributed by atoms with E-state index >= 15 is 0 Å². The Morgan fingerprint density at radius 2 is 1.79 bits per heavy atom. The number of aryl methyl sites for hydroxylation is 1. The topological polar surface area (TPSA) is 76.2 Å². The molecule has 0 aromatic heterocycles. The average Bonchev–Trinajstić information content (AvgIpc) is 2.83. The average molecular weight is 467 g/mol. The zero-order valence-corrected chi connectivity index (χ0v) is 19.4. The molecule has 33 heavy (non-hydrogen) atoms. The number of para-hydroxylation sites is 2. The first-order valence-corrected chi connectivity index (χ1v) is 12.0. The highest BCUT2D eigenvalue weighted by Gasteiger charge is 2.33. The van der Waals surface area contributed by atoms with E-state index in [1.54, 1.807) is 35.2 Å². The number of fused-ring (bicyclic) bond motifs is 1. The second-order valence-electron chi connectivity index (χ2n) is 7.77. The van der Waals surface area contributed by atoms with E-state index in [-0.39, 0.29) is 29.6 Å². The van der Waals surface area contributed by atoms with Crippen molar-refractivity contribution in [2.75, 3.05) is 31.7 Å². The smallest absolute Gasteiger partial charge is 0.247 e. The molecule has 7 nitrogen and oxygen atoms in total. The number of sulfonamides is 1. The first kappa shape index (κ1) is 22.8. The molecule has 172 valence electrons. The summed E-state index contributed by atoms with van der Waals surface area (Å²) >= 11 is 0. The molecule has 3 aromatic carbocycles. The van der Waals surface area contributed by atoms with Gasteiger partial charge < -0.3 is 14.4 Å².